The van der Waals surface area contributed by atoms with E-state index in [2.05, 4.69) is 46.3 Å². The summed E-state index contributed by atoms with van der Waals surface area (Å²) >= 11 is 3.70. The summed E-state index contributed by atoms with van der Waals surface area (Å²) in [7, 11) is 0. The van der Waals surface area contributed by atoms with Crippen molar-refractivity contribution < 1.29 is 0 Å². The Labute approximate surface area is 69.4 Å². The van der Waals surface area contributed by atoms with Gasteiger partial charge in [-0.1, -0.05) is 46.3 Å². The molecule has 1 aromatic rings. The fourth-order valence-corrected chi connectivity index (χ4v) is 1.60. The summed E-state index contributed by atoms with van der Waals surface area (Å²) in [6.07, 6.45) is 2.58. The van der Waals surface area contributed by atoms with Crippen LogP contribution in [-0.4, -0.2) is 0 Å². The molecule has 0 spiro atoms. The van der Waals surface area contributed by atoms with Crippen molar-refractivity contribution in [2.24, 2.45) is 0 Å². The SMILES string of the molecule is BrC1(c2ccccc2)CC1. The number of hydrogen-bond donors (Lipinski definition) is 0. The molecule has 0 aromatic heterocycles. The first-order valence-electron chi connectivity index (χ1n) is 3.56. The van der Waals surface area contributed by atoms with Crippen LogP contribution in [0.3, 0.4) is 0 Å². The molecule has 10 heavy (non-hydrogen) atoms. The second-order valence-electron chi connectivity index (χ2n) is 2.83. The van der Waals surface area contributed by atoms with Gasteiger partial charge in [0.25, 0.3) is 0 Å². The molecule has 0 heterocycles. The maximum atomic E-state index is 3.70. The van der Waals surface area contributed by atoms with Gasteiger partial charge >= 0.3 is 0 Å². The van der Waals surface area contributed by atoms with Crippen molar-refractivity contribution >= 4 is 15.9 Å². The van der Waals surface area contributed by atoms with Gasteiger partial charge in [-0.25, -0.2) is 0 Å². The first-order chi connectivity index (χ1) is 4.81. The third-order valence-corrected chi connectivity index (χ3v) is 3.23. The zero-order chi connectivity index (χ0) is 7.03. The molecule has 0 unspecified atom stereocenters. The van der Waals surface area contributed by atoms with Gasteiger partial charge in [0.15, 0.2) is 0 Å². The van der Waals surface area contributed by atoms with E-state index in [0.717, 1.165) is 0 Å². The zero-order valence-corrected chi connectivity index (χ0v) is 7.26. The summed E-state index contributed by atoms with van der Waals surface area (Å²) in [6, 6.07) is 10.6. The van der Waals surface area contributed by atoms with E-state index in [1.807, 2.05) is 0 Å². The maximum absolute atomic E-state index is 3.70. The Morgan fingerprint density at radius 3 is 2.20 bits per heavy atom. The minimum Gasteiger partial charge on any atom is -0.0801 e. The molecular weight excluding hydrogens is 188 g/mol. The van der Waals surface area contributed by atoms with Gasteiger partial charge in [0, 0.05) is 0 Å². The van der Waals surface area contributed by atoms with Crippen LogP contribution in [0.25, 0.3) is 0 Å². The lowest BCUT2D eigenvalue weighted by Gasteiger charge is -2.04. The highest BCUT2D eigenvalue weighted by molar-refractivity contribution is 9.09. The first kappa shape index (κ1) is 6.41. The standard InChI is InChI=1S/C9H9Br/c10-9(6-7-9)8-4-2-1-3-5-8/h1-5H,6-7H2. The lowest BCUT2D eigenvalue weighted by molar-refractivity contribution is 1.06. The Bertz CT molecular complexity index is 224. The Balaban J connectivity index is 2.35. The second kappa shape index (κ2) is 2.09. The Kier molecular flexibility index (Phi) is 1.34. The molecule has 0 radical (unpaired) electrons. The van der Waals surface area contributed by atoms with Gasteiger partial charge in [-0.05, 0) is 18.4 Å². The van der Waals surface area contributed by atoms with Gasteiger partial charge in [0.1, 0.15) is 0 Å². The molecule has 1 aliphatic carbocycles. The average Bonchev–Trinajstić information content (AvgIpc) is 2.72. The van der Waals surface area contributed by atoms with Crippen molar-refractivity contribution in [2.45, 2.75) is 17.2 Å². The molecule has 1 heteroatoms. The molecule has 0 N–H and O–H groups in total. The van der Waals surface area contributed by atoms with E-state index in [1.165, 1.54) is 18.4 Å². The molecule has 1 aromatic carbocycles. The summed E-state index contributed by atoms with van der Waals surface area (Å²) < 4.78 is 0.355. The molecule has 1 aliphatic rings. The van der Waals surface area contributed by atoms with E-state index in [1.54, 1.807) is 0 Å². The van der Waals surface area contributed by atoms with Crippen molar-refractivity contribution in [1.29, 1.82) is 0 Å². The summed E-state index contributed by atoms with van der Waals surface area (Å²) in [5, 5.41) is 0. The van der Waals surface area contributed by atoms with E-state index in [-0.39, 0.29) is 0 Å². The second-order valence-corrected chi connectivity index (χ2v) is 4.35. The van der Waals surface area contributed by atoms with Crippen LogP contribution in [0.15, 0.2) is 30.3 Å². The molecule has 0 saturated heterocycles. The smallest absolute Gasteiger partial charge is 0.0507 e. The van der Waals surface area contributed by atoms with Crippen molar-refractivity contribution in [2.75, 3.05) is 0 Å². The monoisotopic (exact) mass is 196 g/mol. The third kappa shape index (κ3) is 0.988. The van der Waals surface area contributed by atoms with Gasteiger partial charge in [-0.3, -0.25) is 0 Å². The highest BCUT2D eigenvalue weighted by Crippen LogP contribution is 2.53. The Hall–Kier alpha value is -0.300. The van der Waals surface area contributed by atoms with Crippen LogP contribution in [0, 0.1) is 0 Å². The topological polar surface area (TPSA) is 0 Å². The van der Waals surface area contributed by atoms with Crippen LogP contribution < -0.4 is 0 Å². The Morgan fingerprint density at radius 1 is 1.10 bits per heavy atom. The van der Waals surface area contributed by atoms with E-state index >= 15 is 0 Å². The first-order valence-corrected chi connectivity index (χ1v) is 4.35. The largest absolute Gasteiger partial charge is 0.0801 e. The lowest BCUT2D eigenvalue weighted by atomic mass is 10.1. The molecule has 0 amide bonds. The minimum atomic E-state index is 0.355. The third-order valence-electron chi connectivity index (χ3n) is 1.98. The minimum absolute atomic E-state index is 0.355. The molecule has 0 atom stereocenters. The molecule has 1 saturated carbocycles. The van der Waals surface area contributed by atoms with Crippen molar-refractivity contribution in [3.8, 4) is 0 Å². The molecule has 0 bridgehead atoms. The molecular formula is C9H9Br. The highest BCUT2D eigenvalue weighted by Gasteiger charge is 2.41. The number of alkyl halides is 1. The maximum Gasteiger partial charge on any atom is 0.0507 e. The summed E-state index contributed by atoms with van der Waals surface area (Å²) in [5.41, 5.74) is 1.43. The van der Waals surface area contributed by atoms with Gasteiger partial charge in [0.05, 0.1) is 4.32 Å². The van der Waals surface area contributed by atoms with Crippen molar-refractivity contribution in [3.63, 3.8) is 0 Å². The summed E-state index contributed by atoms with van der Waals surface area (Å²) in [5.74, 6) is 0. The van der Waals surface area contributed by atoms with Crippen LogP contribution in [-0.2, 0) is 4.32 Å². The average molecular weight is 197 g/mol. The quantitative estimate of drug-likeness (QED) is 0.607. The number of hydrogen-bond acceptors (Lipinski definition) is 0. The summed E-state index contributed by atoms with van der Waals surface area (Å²) in [6.45, 7) is 0. The van der Waals surface area contributed by atoms with Gasteiger partial charge in [0.2, 0.25) is 0 Å². The predicted molar refractivity (Wildman–Crippen MR) is 46.3 cm³/mol. The van der Waals surface area contributed by atoms with E-state index < -0.39 is 0 Å². The van der Waals surface area contributed by atoms with Gasteiger partial charge < -0.3 is 0 Å². The number of benzene rings is 1. The van der Waals surface area contributed by atoms with E-state index in [9.17, 15) is 0 Å². The van der Waals surface area contributed by atoms with Crippen molar-refractivity contribution in [3.05, 3.63) is 35.9 Å². The summed E-state index contributed by atoms with van der Waals surface area (Å²) in [4.78, 5) is 0. The van der Waals surface area contributed by atoms with Crippen LogP contribution >= 0.6 is 15.9 Å². The van der Waals surface area contributed by atoms with E-state index in [0.29, 0.717) is 4.32 Å². The normalized spacial score (nSPS) is 20.5. The molecule has 52 valence electrons. The highest BCUT2D eigenvalue weighted by atomic mass is 79.9. The molecule has 2 rings (SSSR count). The fraction of sp³-hybridized carbons (Fsp3) is 0.333. The van der Waals surface area contributed by atoms with Gasteiger partial charge in [-0.2, -0.15) is 0 Å². The number of rotatable bonds is 1. The predicted octanol–water partition coefficient (Wildman–Crippen LogP) is 3.07. The van der Waals surface area contributed by atoms with Crippen LogP contribution in [0.1, 0.15) is 18.4 Å². The zero-order valence-electron chi connectivity index (χ0n) is 5.68. The molecule has 0 aliphatic heterocycles. The Morgan fingerprint density at radius 2 is 1.70 bits per heavy atom. The van der Waals surface area contributed by atoms with E-state index in [4.69, 9.17) is 0 Å². The van der Waals surface area contributed by atoms with Crippen LogP contribution in [0.5, 0.6) is 0 Å². The van der Waals surface area contributed by atoms with Crippen molar-refractivity contribution in [1.82, 2.24) is 0 Å². The lowest BCUT2D eigenvalue weighted by Crippen LogP contribution is -1.92. The molecule has 0 nitrogen and oxygen atoms in total. The molecule has 1 fully saturated rings. The van der Waals surface area contributed by atoms with Gasteiger partial charge in [-0.15, -0.1) is 0 Å². The van der Waals surface area contributed by atoms with Crippen LogP contribution in [0.4, 0.5) is 0 Å². The fourth-order valence-electron chi connectivity index (χ4n) is 1.14. The van der Waals surface area contributed by atoms with Crippen LogP contribution in [0.2, 0.25) is 0 Å². The number of halogens is 1.